The molecule has 0 bridgehead atoms. The van der Waals surface area contributed by atoms with Crippen LogP contribution in [0.3, 0.4) is 0 Å². The highest BCUT2D eigenvalue weighted by atomic mass is 16.5. The zero-order chi connectivity index (χ0) is 16.5. The Labute approximate surface area is 138 Å². The minimum Gasteiger partial charge on any atom is -0.343 e. The van der Waals surface area contributed by atoms with Crippen LogP contribution in [0.1, 0.15) is 40.8 Å². The molecule has 0 spiro atoms. The number of carbonyl (C=O) groups is 1. The Morgan fingerprint density at radius 2 is 2.12 bits per heavy atom. The second-order valence-electron chi connectivity index (χ2n) is 5.83. The number of aromatic nitrogens is 5. The van der Waals surface area contributed by atoms with Gasteiger partial charge in [0.05, 0.1) is 17.9 Å². The molecule has 8 nitrogen and oxygen atoms in total. The number of rotatable bonds is 3. The van der Waals surface area contributed by atoms with Gasteiger partial charge in [-0.05, 0) is 31.9 Å². The van der Waals surface area contributed by atoms with E-state index < -0.39 is 0 Å². The molecule has 3 heterocycles. The van der Waals surface area contributed by atoms with Crippen LogP contribution in [0.15, 0.2) is 41.4 Å². The standard InChI is InChI=1S/C16H16N6O2/c1-11-4-6-12(7-5-11)22-9-13(18-20-22)16(23)21-8-2-3-14(21)15-17-10-24-19-15/h4-7,9-10,14H,2-3,8H2,1H3. The van der Waals surface area contributed by atoms with Gasteiger partial charge in [0.25, 0.3) is 5.91 Å². The third kappa shape index (κ3) is 2.55. The average molecular weight is 324 g/mol. The van der Waals surface area contributed by atoms with E-state index in [0.717, 1.165) is 24.1 Å². The van der Waals surface area contributed by atoms with Gasteiger partial charge in [-0.3, -0.25) is 4.79 Å². The summed E-state index contributed by atoms with van der Waals surface area (Å²) in [7, 11) is 0. The van der Waals surface area contributed by atoms with E-state index in [2.05, 4.69) is 20.5 Å². The van der Waals surface area contributed by atoms with Crippen LogP contribution in [0.25, 0.3) is 5.69 Å². The zero-order valence-electron chi connectivity index (χ0n) is 13.2. The molecule has 1 aliphatic heterocycles. The van der Waals surface area contributed by atoms with Crippen molar-refractivity contribution in [3.8, 4) is 5.69 Å². The summed E-state index contributed by atoms with van der Waals surface area (Å²) in [6, 6.07) is 7.70. The molecule has 1 fully saturated rings. The fourth-order valence-electron chi connectivity index (χ4n) is 2.94. The Morgan fingerprint density at radius 1 is 1.29 bits per heavy atom. The molecule has 1 amide bonds. The highest BCUT2D eigenvalue weighted by Gasteiger charge is 2.34. The van der Waals surface area contributed by atoms with E-state index in [1.807, 2.05) is 31.2 Å². The van der Waals surface area contributed by atoms with Crippen LogP contribution in [0, 0.1) is 6.92 Å². The molecule has 4 rings (SSSR count). The maximum Gasteiger partial charge on any atom is 0.276 e. The number of hydrogen-bond donors (Lipinski definition) is 0. The van der Waals surface area contributed by atoms with Crippen molar-refractivity contribution < 1.29 is 9.32 Å². The van der Waals surface area contributed by atoms with Crippen LogP contribution in [-0.2, 0) is 0 Å². The number of benzene rings is 1. The third-order valence-corrected chi connectivity index (χ3v) is 4.20. The van der Waals surface area contributed by atoms with Crippen LogP contribution in [0.2, 0.25) is 0 Å². The third-order valence-electron chi connectivity index (χ3n) is 4.20. The predicted molar refractivity (Wildman–Crippen MR) is 83.4 cm³/mol. The van der Waals surface area contributed by atoms with E-state index in [-0.39, 0.29) is 11.9 Å². The molecule has 2 aromatic heterocycles. The van der Waals surface area contributed by atoms with Crippen molar-refractivity contribution in [2.45, 2.75) is 25.8 Å². The molecule has 1 aliphatic rings. The molecule has 1 atom stereocenters. The summed E-state index contributed by atoms with van der Waals surface area (Å²) in [4.78, 5) is 18.6. The van der Waals surface area contributed by atoms with Gasteiger partial charge in [-0.1, -0.05) is 28.1 Å². The molecule has 0 radical (unpaired) electrons. The van der Waals surface area contributed by atoms with Gasteiger partial charge in [0, 0.05) is 6.54 Å². The number of likely N-dealkylation sites (tertiary alicyclic amines) is 1. The summed E-state index contributed by atoms with van der Waals surface area (Å²) in [5, 5.41) is 12.0. The lowest BCUT2D eigenvalue weighted by Gasteiger charge is -2.20. The molecule has 0 saturated carbocycles. The largest absolute Gasteiger partial charge is 0.343 e. The molecule has 122 valence electrons. The topological polar surface area (TPSA) is 89.9 Å². The Balaban J connectivity index is 1.57. The van der Waals surface area contributed by atoms with Crippen LogP contribution < -0.4 is 0 Å². The number of hydrogen-bond acceptors (Lipinski definition) is 6. The molecule has 1 saturated heterocycles. The summed E-state index contributed by atoms with van der Waals surface area (Å²) < 4.78 is 6.40. The van der Waals surface area contributed by atoms with Gasteiger partial charge in [-0.2, -0.15) is 4.98 Å². The fraction of sp³-hybridized carbons (Fsp3) is 0.312. The molecule has 8 heteroatoms. The minimum atomic E-state index is -0.166. The quantitative estimate of drug-likeness (QED) is 0.731. The van der Waals surface area contributed by atoms with E-state index in [9.17, 15) is 4.79 Å². The number of nitrogens with zero attached hydrogens (tertiary/aromatic N) is 6. The van der Waals surface area contributed by atoms with Crippen molar-refractivity contribution in [3.63, 3.8) is 0 Å². The SMILES string of the molecule is Cc1ccc(-n2cc(C(=O)N3CCCC3c3ncon3)nn2)cc1. The summed E-state index contributed by atoms with van der Waals surface area (Å²) in [6.45, 7) is 2.67. The van der Waals surface area contributed by atoms with Gasteiger partial charge >= 0.3 is 0 Å². The summed E-state index contributed by atoms with van der Waals surface area (Å²) in [5.41, 5.74) is 2.34. The van der Waals surface area contributed by atoms with Crippen molar-refractivity contribution in [2.24, 2.45) is 0 Å². The number of aryl methyl sites for hydroxylation is 1. The van der Waals surface area contributed by atoms with Crippen molar-refractivity contribution >= 4 is 5.91 Å². The average Bonchev–Trinajstić information content (AvgIpc) is 3.34. The highest BCUT2D eigenvalue weighted by Crippen LogP contribution is 2.30. The van der Waals surface area contributed by atoms with Crippen molar-refractivity contribution in [1.29, 1.82) is 0 Å². The van der Waals surface area contributed by atoms with Crippen molar-refractivity contribution in [3.05, 3.63) is 53.9 Å². The Kier molecular flexibility index (Phi) is 3.56. The van der Waals surface area contributed by atoms with Crippen LogP contribution >= 0.6 is 0 Å². The van der Waals surface area contributed by atoms with Gasteiger partial charge in [-0.15, -0.1) is 5.10 Å². The van der Waals surface area contributed by atoms with Crippen LogP contribution in [0.5, 0.6) is 0 Å². The molecule has 24 heavy (non-hydrogen) atoms. The molecule has 1 unspecified atom stereocenters. The lowest BCUT2D eigenvalue weighted by Crippen LogP contribution is -2.31. The molecule has 0 N–H and O–H groups in total. The molecule has 0 aliphatic carbocycles. The van der Waals surface area contributed by atoms with E-state index >= 15 is 0 Å². The van der Waals surface area contributed by atoms with E-state index in [0.29, 0.717) is 18.1 Å². The molecule has 1 aromatic carbocycles. The molecule has 3 aromatic rings. The van der Waals surface area contributed by atoms with Gasteiger partial charge < -0.3 is 9.42 Å². The highest BCUT2D eigenvalue weighted by molar-refractivity contribution is 5.92. The zero-order valence-corrected chi connectivity index (χ0v) is 13.2. The minimum absolute atomic E-state index is 0.166. The van der Waals surface area contributed by atoms with Gasteiger partial charge in [0.15, 0.2) is 11.5 Å². The smallest absolute Gasteiger partial charge is 0.276 e. The van der Waals surface area contributed by atoms with Crippen molar-refractivity contribution in [2.75, 3.05) is 6.54 Å². The second-order valence-corrected chi connectivity index (χ2v) is 5.83. The monoisotopic (exact) mass is 324 g/mol. The first kappa shape index (κ1) is 14.6. The van der Waals surface area contributed by atoms with Crippen LogP contribution in [-0.4, -0.2) is 42.5 Å². The normalized spacial score (nSPS) is 17.4. The lowest BCUT2D eigenvalue weighted by atomic mass is 10.2. The fourth-order valence-corrected chi connectivity index (χ4v) is 2.94. The summed E-state index contributed by atoms with van der Waals surface area (Å²) in [6.07, 6.45) is 4.65. The Hall–Kier alpha value is -3.03. The number of carbonyl (C=O) groups excluding carboxylic acids is 1. The van der Waals surface area contributed by atoms with Crippen molar-refractivity contribution in [1.82, 2.24) is 30.0 Å². The Bertz CT molecular complexity index is 840. The summed E-state index contributed by atoms with van der Waals surface area (Å²) >= 11 is 0. The van der Waals surface area contributed by atoms with E-state index in [1.165, 1.54) is 6.39 Å². The molecular weight excluding hydrogens is 308 g/mol. The maximum atomic E-state index is 12.8. The van der Waals surface area contributed by atoms with Gasteiger partial charge in [0.2, 0.25) is 6.39 Å². The second kappa shape index (κ2) is 5.88. The van der Waals surface area contributed by atoms with Gasteiger partial charge in [0.1, 0.15) is 0 Å². The molecular formula is C16H16N6O2. The van der Waals surface area contributed by atoms with Gasteiger partial charge in [-0.25, -0.2) is 4.68 Å². The maximum absolute atomic E-state index is 12.8. The van der Waals surface area contributed by atoms with E-state index in [4.69, 9.17) is 4.52 Å². The van der Waals surface area contributed by atoms with E-state index in [1.54, 1.807) is 15.8 Å². The lowest BCUT2D eigenvalue weighted by molar-refractivity contribution is 0.0722. The number of amides is 1. The predicted octanol–water partition coefficient (Wildman–Crippen LogP) is 1.94. The first-order valence-corrected chi connectivity index (χ1v) is 7.79. The van der Waals surface area contributed by atoms with Crippen LogP contribution in [0.4, 0.5) is 0 Å². The first-order chi connectivity index (χ1) is 11.7. The summed E-state index contributed by atoms with van der Waals surface area (Å²) in [5.74, 6) is 0.368. The Morgan fingerprint density at radius 3 is 2.88 bits per heavy atom. The first-order valence-electron chi connectivity index (χ1n) is 7.79.